The molecule has 3 aromatic rings. The van der Waals surface area contributed by atoms with Gasteiger partial charge in [0, 0.05) is 29.9 Å². The van der Waals surface area contributed by atoms with Crippen molar-refractivity contribution in [1.29, 1.82) is 0 Å². The van der Waals surface area contributed by atoms with Crippen molar-refractivity contribution < 1.29 is 13.2 Å². The smallest absolute Gasteiger partial charge is 0.273 e. The van der Waals surface area contributed by atoms with Crippen molar-refractivity contribution in [3.63, 3.8) is 0 Å². The van der Waals surface area contributed by atoms with Crippen LogP contribution in [0.4, 0.5) is 5.69 Å². The van der Waals surface area contributed by atoms with E-state index in [1.54, 1.807) is 16.7 Å². The number of fused-ring (bicyclic) bond motifs is 1. The molecule has 0 unspecified atom stereocenters. The number of sulfone groups is 1. The molecule has 0 aliphatic rings. The summed E-state index contributed by atoms with van der Waals surface area (Å²) in [6.07, 6.45) is 1.13. The molecule has 1 N–H and O–H groups in total. The molecule has 1 heterocycles. The van der Waals surface area contributed by atoms with Crippen molar-refractivity contribution >= 4 is 48.3 Å². The summed E-state index contributed by atoms with van der Waals surface area (Å²) in [7, 11) is -1.51. The van der Waals surface area contributed by atoms with Crippen LogP contribution in [-0.4, -0.2) is 25.1 Å². The van der Waals surface area contributed by atoms with Crippen molar-refractivity contribution in [3.05, 3.63) is 58.7 Å². The van der Waals surface area contributed by atoms with Crippen molar-refractivity contribution in [2.45, 2.75) is 4.90 Å². The standard InChI is InChI=1S/C17H15BrN2O3S/c1-20-14-9-4-3-8-13(14)15(18)16(20)17(21)19-11-6-5-7-12(10-11)24(2,22)23/h3-10H,1-2H3,(H,19,21). The summed E-state index contributed by atoms with van der Waals surface area (Å²) in [6.45, 7) is 0. The van der Waals surface area contributed by atoms with Crippen molar-refractivity contribution in [2.75, 3.05) is 11.6 Å². The van der Waals surface area contributed by atoms with Gasteiger partial charge in [0.15, 0.2) is 9.84 Å². The molecule has 0 saturated carbocycles. The molecule has 0 fully saturated rings. The summed E-state index contributed by atoms with van der Waals surface area (Å²) in [5.74, 6) is -0.314. The number of halogens is 1. The highest BCUT2D eigenvalue weighted by Gasteiger charge is 2.19. The number of hydrogen-bond donors (Lipinski definition) is 1. The van der Waals surface area contributed by atoms with Gasteiger partial charge in [0.2, 0.25) is 0 Å². The molecule has 7 heteroatoms. The van der Waals surface area contributed by atoms with E-state index < -0.39 is 9.84 Å². The molecule has 0 spiro atoms. The van der Waals surface area contributed by atoms with E-state index in [9.17, 15) is 13.2 Å². The summed E-state index contributed by atoms with van der Waals surface area (Å²) < 4.78 is 25.8. The third kappa shape index (κ3) is 2.97. The third-order valence-corrected chi connectivity index (χ3v) is 5.69. The maximum absolute atomic E-state index is 12.7. The van der Waals surface area contributed by atoms with Gasteiger partial charge in [0.05, 0.1) is 9.37 Å². The molecule has 1 aromatic heterocycles. The highest BCUT2D eigenvalue weighted by molar-refractivity contribution is 9.10. The monoisotopic (exact) mass is 406 g/mol. The van der Waals surface area contributed by atoms with Gasteiger partial charge in [-0.3, -0.25) is 4.79 Å². The molecular weight excluding hydrogens is 392 g/mol. The fourth-order valence-corrected chi connectivity index (χ4v) is 4.04. The van der Waals surface area contributed by atoms with E-state index in [2.05, 4.69) is 21.2 Å². The average Bonchev–Trinajstić information content (AvgIpc) is 2.79. The maximum Gasteiger partial charge on any atom is 0.273 e. The largest absolute Gasteiger partial charge is 0.339 e. The molecule has 3 rings (SSSR count). The predicted octanol–water partition coefficient (Wildman–Crippen LogP) is 3.60. The Balaban J connectivity index is 2.00. The Labute approximate surface area is 148 Å². The number of rotatable bonds is 3. The number of carbonyl (C=O) groups is 1. The zero-order valence-corrected chi connectivity index (χ0v) is 15.5. The topological polar surface area (TPSA) is 68.2 Å². The highest BCUT2D eigenvalue weighted by atomic mass is 79.9. The van der Waals surface area contributed by atoms with E-state index in [0.717, 1.165) is 17.2 Å². The van der Waals surface area contributed by atoms with Crippen LogP contribution in [0.2, 0.25) is 0 Å². The lowest BCUT2D eigenvalue weighted by Gasteiger charge is -2.08. The summed E-state index contributed by atoms with van der Waals surface area (Å²) in [5, 5.41) is 3.70. The lowest BCUT2D eigenvalue weighted by Crippen LogP contribution is -2.16. The van der Waals surface area contributed by atoms with Crippen LogP contribution in [0.3, 0.4) is 0 Å². The Morgan fingerprint density at radius 2 is 1.83 bits per heavy atom. The first-order valence-corrected chi connectivity index (χ1v) is 9.82. The summed E-state index contributed by atoms with van der Waals surface area (Å²) in [4.78, 5) is 12.8. The van der Waals surface area contributed by atoms with E-state index in [1.807, 2.05) is 31.3 Å². The lowest BCUT2D eigenvalue weighted by atomic mass is 10.2. The molecular formula is C17H15BrN2O3S. The van der Waals surface area contributed by atoms with Crippen LogP contribution >= 0.6 is 15.9 Å². The van der Waals surface area contributed by atoms with Crippen LogP contribution in [0.15, 0.2) is 57.9 Å². The Bertz CT molecular complexity index is 1020. The molecule has 124 valence electrons. The number of aryl methyl sites for hydroxylation is 1. The number of nitrogens with one attached hydrogen (secondary N) is 1. The highest BCUT2D eigenvalue weighted by Crippen LogP contribution is 2.30. The Kier molecular flexibility index (Phi) is 4.23. The number of amides is 1. The van der Waals surface area contributed by atoms with Gasteiger partial charge in [-0.25, -0.2) is 8.42 Å². The number of hydrogen-bond acceptors (Lipinski definition) is 3. The molecule has 1 amide bonds. The first-order chi connectivity index (χ1) is 11.3. The minimum Gasteiger partial charge on any atom is -0.339 e. The molecule has 0 saturated heterocycles. The van der Waals surface area contributed by atoms with Gasteiger partial charge < -0.3 is 9.88 Å². The SMILES string of the molecule is Cn1c(C(=O)Nc2cccc(S(C)(=O)=O)c2)c(Br)c2ccccc21. The minimum atomic E-state index is -3.33. The van der Waals surface area contributed by atoms with Gasteiger partial charge in [-0.15, -0.1) is 0 Å². The normalized spacial score (nSPS) is 11.6. The fourth-order valence-electron chi connectivity index (χ4n) is 2.59. The van der Waals surface area contributed by atoms with Crippen LogP contribution < -0.4 is 5.32 Å². The third-order valence-electron chi connectivity index (χ3n) is 3.78. The van der Waals surface area contributed by atoms with Crippen molar-refractivity contribution in [2.24, 2.45) is 7.05 Å². The number of aromatic nitrogens is 1. The fraction of sp³-hybridized carbons (Fsp3) is 0.118. The zero-order chi connectivity index (χ0) is 17.5. The minimum absolute atomic E-state index is 0.163. The van der Waals surface area contributed by atoms with Crippen molar-refractivity contribution in [1.82, 2.24) is 4.57 Å². The molecule has 0 bridgehead atoms. The Hall–Kier alpha value is -2.12. The van der Waals surface area contributed by atoms with Gasteiger partial charge in [0.1, 0.15) is 5.69 Å². The quantitative estimate of drug-likeness (QED) is 0.722. The van der Waals surface area contributed by atoms with Crippen molar-refractivity contribution in [3.8, 4) is 0 Å². The number of para-hydroxylation sites is 1. The van der Waals surface area contributed by atoms with Crippen LogP contribution in [-0.2, 0) is 16.9 Å². The van der Waals surface area contributed by atoms with Crippen LogP contribution in [0.25, 0.3) is 10.9 Å². The predicted molar refractivity (Wildman–Crippen MR) is 98.1 cm³/mol. The molecule has 0 atom stereocenters. The number of nitrogens with zero attached hydrogens (tertiary/aromatic N) is 1. The average molecular weight is 407 g/mol. The van der Waals surface area contributed by atoms with E-state index >= 15 is 0 Å². The molecule has 2 aromatic carbocycles. The second kappa shape index (κ2) is 6.07. The van der Waals surface area contributed by atoms with Crippen LogP contribution in [0.5, 0.6) is 0 Å². The number of carbonyl (C=O) groups excluding carboxylic acids is 1. The zero-order valence-electron chi connectivity index (χ0n) is 13.1. The molecule has 24 heavy (non-hydrogen) atoms. The second-order valence-corrected chi connectivity index (χ2v) is 8.30. The Morgan fingerprint density at radius 1 is 1.12 bits per heavy atom. The molecule has 5 nitrogen and oxygen atoms in total. The second-order valence-electron chi connectivity index (χ2n) is 5.49. The molecule has 0 aliphatic heterocycles. The summed E-state index contributed by atoms with van der Waals surface area (Å²) in [5.41, 5.74) is 1.83. The van der Waals surface area contributed by atoms with E-state index in [0.29, 0.717) is 15.9 Å². The number of benzene rings is 2. The first kappa shape index (κ1) is 16.7. The van der Waals surface area contributed by atoms with Gasteiger partial charge in [0.25, 0.3) is 5.91 Å². The molecule has 0 radical (unpaired) electrons. The Morgan fingerprint density at radius 3 is 2.50 bits per heavy atom. The lowest BCUT2D eigenvalue weighted by molar-refractivity contribution is 0.101. The van der Waals surface area contributed by atoms with E-state index in [-0.39, 0.29) is 10.8 Å². The van der Waals surface area contributed by atoms with E-state index in [4.69, 9.17) is 0 Å². The first-order valence-electron chi connectivity index (χ1n) is 7.13. The van der Waals surface area contributed by atoms with Gasteiger partial charge in [-0.1, -0.05) is 24.3 Å². The summed E-state index contributed by atoms with van der Waals surface area (Å²) in [6, 6.07) is 13.9. The van der Waals surface area contributed by atoms with Crippen LogP contribution in [0, 0.1) is 0 Å². The maximum atomic E-state index is 12.7. The molecule has 0 aliphatic carbocycles. The summed E-state index contributed by atoms with van der Waals surface area (Å²) >= 11 is 3.49. The van der Waals surface area contributed by atoms with Gasteiger partial charge in [-0.05, 0) is 40.2 Å². The number of anilines is 1. The van der Waals surface area contributed by atoms with E-state index in [1.165, 1.54) is 12.1 Å². The van der Waals surface area contributed by atoms with Gasteiger partial charge >= 0.3 is 0 Å². The van der Waals surface area contributed by atoms with Crippen LogP contribution in [0.1, 0.15) is 10.5 Å². The van der Waals surface area contributed by atoms with Gasteiger partial charge in [-0.2, -0.15) is 0 Å².